The molecule has 3 rings (SSSR count). The van der Waals surface area contributed by atoms with Crippen LogP contribution in [0.1, 0.15) is 18.1 Å². The Morgan fingerprint density at radius 2 is 1.56 bits per heavy atom. The summed E-state index contributed by atoms with van der Waals surface area (Å²) < 4.78 is 36.3. The lowest BCUT2D eigenvalue weighted by Gasteiger charge is -2.49. The maximum atomic E-state index is 13.6. The first-order valence-corrected chi connectivity index (χ1v) is 12.1. The van der Waals surface area contributed by atoms with Crippen molar-refractivity contribution < 1.29 is 38.3 Å². The fraction of sp³-hybridized carbons (Fsp3) is 0.435. The van der Waals surface area contributed by atoms with Crippen molar-refractivity contribution in [3.8, 4) is 0 Å². The lowest BCUT2D eigenvalue weighted by atomic mass is 10.0. The Labute approximate surface area is 187 Å². The van der Waals surface area contributed by atoms with Gasteiger partial charge in [-0.25, -0.2) is 0 Å². The molecule has 0 aliphatic carbocycles. The summed E-state index contributed by atoms with van der Waals surface area (Å²) in [6.45, 7) is 0.539. The molecule has 1 fully saturated rings. The number of carbonyl (C=O) groups is 1. The molecule has 5 atom stereocenters. The zero-order valence-corrected chi connectivity index (χ0v) is 19.0. The fourth-order valence-electron chi connectivity index (χ4n) is 3.85. The Bertz CT molecular complexity index is 922. The molecule has 2 N–H and O–H groups in total. The Morgan fingerprint density at radius 3 is 2.03 bits per heavy atom. The van der Waals surface area contributed by atoms with E-state index in [1.807, 2.05) is 60.7 Å². The highest BCUT2D eigenvalue weighted by Crippen LogP contribution is 2.63. The first-order chi connectivity index (χ1) is 15.3. The predicted molar refractivity (Wildman–Crippen MR) is 117 cm³/mol. The van der Waals surface area contributed by atoms with Crippen LogP contribution in [0.2, 0.25) is 0 Å². The molecule has 1 saturated heterocycles. The van der Waals surface area contributed by atoms with E-state index in [1.165, 1.54) is 14.0 Å². The van der Waals surface area contributed by atoms with E-state index in [9.17, 15) is 19.6 Å². The van der Waals surface area contributed by atoms with Gasteiger partial charge in [-0.1, -0.05) is 60.7 Å². The van der Waals surface area contributed by atoms with Crippen molar-refractivity contribution in [2.24, 2.45) is 0 Å². The number of carbonyl (C=O) groups excluding carboxylic acids is 1. The third-order valence-corrected chi connectivity index (χ3v) is 8.54. The van der Waals surface area contributed by atoms with Crippen molar-refractivity contribution in [1.29, 1.82) is 0 Å². The number of aliphatic hydroxyl groups excluding tert-OH is 1. The van der Waals surface area contributed by atoms with Crippen LogP contribution >= 0.6 is 7.37 Å². The van der Waals surface area contributed by atoms with Gasteiger partial charge in [-0.3, -0.25) is 9.36 Å². The number of benzene rings is 2. The normalized spacial score (nSPS) is 30.1. The molecule has 1 aliphatic rings. The van der Waals surface area contributed by atoms with E-state index in [1.54, 1.807) is 0 Å². The van der Waals surface area contributed by atoms with Crippen LogP contribution in [0.5, 0.6) is 0 Å². The Balaban J connectivity index is 1.96. The van der Waals surface area contributed by atoms with E-state index < -0.39 is 43.6 Å². The molecule has 1 aliphatic heterocycles. The van der Waals surface area contributed by atoms with Crippen molar-refractivity contribution in [2.75, 3.05) is 19.9 Å². The maximum Gasteiger partial charge on any atom is 0.303 e. The molecule has 0 radical (unpaired) electrons. The first-order valence-electron chi connectivity index (χ1n) is 10.3. The van der Waals surface area contributed by atoms with Crippen LogP contribution in [0.4, 0.5) is 0 Å². The molecule has 0 amide bonds. The number of esters is 1. The van der Waals surface area contributed by atoms with Gasteiger partial charge in [0.05, 0.1) is 26.0 Å². The number of aliphatic hydroxyl groups is 2. The average Bonchev–Trinajstić information content (AvgIpc) is 2.80. The largest absolute Gasteiger partial charge is 0.459 e. The van der Waals surface area contributed by atoms with Gasteiger partial charge in [0.1, 0.15) is 18.3 Å². The molecule has 174 valence electrons. The van der Waals surface area contributed by atoms with E-state index in [2.05, 4.69) is 0 Å². The maximum absolute atomic E-state index is 13.6. The summed E-state index contributed by atoms with van der Waals surface area (Å²) in [5.41, 5.74) is 1.65. The van der Waals surface area contributed by atoms with Crippen molar-refractivity contribution >= 4 is 13.3 Å². The SMILES string of the molecule is COP1(=O)C[C@@H](OC(C)=O)[C@@H](OCc2ccccc2)[C@H](OCc2ccccc2)C1(O)CO. The molecule has 32 heavy (non-hydrogen) atoms. The molecule has 0 saturated carbocycles. The molecule has 0 aromatic heterocycles. The van der Waals surface area contributed by atoms with Gasteiger partial charge in [-0.2, -0.15) is 0 Å². The van der Waals surface area contributed by atoms with Gasteiger partial charge in [0.15, 0.2) is 5.34 Å². The molecule has 0 bridgehead atoms. The monoisotopic (exact) mass is 464 g/mol. The summed E-state index contributed by atoms with van der Waals surface area (Å²) in [7, 11) is -2.73. The third-order valence-electron chi connectivity index (χ3n) is 5.53. The van der Waals surface area contributed by atoms with E-state index in [-0.39, 0.29) is 19.4 Å². The zero-order valence-electron chi connectivity index (χ0n) is 18.1. The quantitative estimate of drug-likeness (QED) is 0.431. The minimum absolute atomic E-state index is 0.0511. The zero-order chi connectivity index (χ0) is 23.2. The minimum atomic E-state index is -3.92. The second-order valence-corrected chi connectivity index (χ2v) is 10.6. The Morgan fingerprint density at radius 1 is 1.03 bits per heavy atom. The molecule has 0 spiro atoms. The van der Waals surface area contributed by atoms with Gasteiger partial charge in [0.2, 0.25) is 7.37 Å². The van der Waals surface area contributed by atoms with Crippen LogP contribution in [0, 0.1) is 0 Å². The summed E-state index contributed by atoms with van der Waals surface area (Å²) in [4.78, 5) is 11.8. The van der Waals surface area contributed by atoms with Gasteiger partial charge in [-0.15, -0.1) is 0 Å². The van der Waals surface area contributed by atoms with Crippen LogP contribution in [0.25, 0.3) is 0 Å². The second-order valence-electron chi connectivity index (χ2n) is 7.70. The topological polar surface area (TPSA) is 112 Å². The number of rotatable bonds is 9. The van der Waals surface area contributed by atoms with Gasteiger partial charge in [-0.05, 0) is 11.1 Å². The van der Waals surface area contributed by atoms with Gasteiger partial charge in [0, 0.05) is 14.0 Å². The van der Waals surface area contributed by atoms with Gasteiger partial charge in [0.25, 0.3) is 0 Å². The smallest absolute Gasteiger partial charge is 0.303 e. The van der Waals surface area contributed by atoms with Crippen molar-refractivity contribution in [2.45, 2.75) is 43.8 Å². The lowest BCUT2D eigenvalue weighted by Crippen LogP contribution is -2.63. The van der Waals surface area contributed by atoms with E-state index in [0.717, 1.165) is 11.1 Å². The van der Waals surface area contributed by atoms with Gasteiger partial charge < -0.3 is 28.9 Å². The summed E-state index contributed by atoms with van der Waals surface area (Å²) in [5.74, 6) is -0.595. The molecule has 2 aromatic rings. The van der Waals surface area contributed by atoms with Gasteiger partial charge >= 0.3 is 5.97 Å². The van der Waals surface area contributed by atoms with Crippen molar-refractivity contribution in [3.05, 3.63) is 71.8 Å². The molecule has 2 aromatic carbocycles. The van der Waals surface area contributed by atoms with Crippen molar-refractivity contribution in [1.82, 2.24) is 0 Å². The molecule has 9 heteroatoms. The molecule has 8 nitrogen and oxygen atoms in total. The molecule has 2 unspecified atom stereocenters. The Kier molecular flexibility index (Phi) is 8.22. The highest BCUT2D eigenvalue weighted by molar-refractivity contribution is 7.60. The summed E-state index contributed by atoms with van der Waals surface area (Å²) in [6.07, 6.45) is -3.61. The number of hydrogen-bond acceptors (Lipinski definition) is 8. The molecule has 1 heterocycles. The molecular weight excluding hydrogens is 435 g/mol. The van der Waals surface area contributed by atoms with Crippen LogP contribution in [0.15, 0.2) is 60.7 Å². The van der Waals surface area contributed by atoms with E-state index >= 15 is 0 Å². The number of ether oxygens (including phenoxy) is 3. The van der Waals surface area contributed by atoms with Crippen LogP contribution in [-0.4, -0.2) is 59.7 Å². The summed E-state index contributed by atoms with van der Waals surface area (Å²) >= 11 is 0. The summed E-state index contributed by atoms with van der Waals surface area (Å²) in [6, 6.07) is 18.5. The van der Waals surface area contributed by atoms with E-state index in [0.29, 0.717) is 0 Å². The fourth-order valence-corrected chi connectivity index (χ4v) is 6.21. The average molecular weight is 464 g/mol. The predicted octanol–water partition coefficient (Wildman–Crippen LogP) is 2.71. The second kappa shape index (κ2) is 10.7. The van der Waals surface area contributed by atoms with Crippen molar-refractivity contribution in [3.63, 3.8) is 0 Å². The third kappa shape index (κ3) is 5.29. The standard InChI is InChI=1S/C23H29O8P/c1-17(25)31-20-15-32(27,28-2)23(26,16-24)22(30-14-19-11-7-4-8-12-19)21(20)29-13-18-9-5-3-6-10-18/h3-12,20-22,24,26H,13-16H2,1-2H3/t20-,21-,22+,23?,32?/m1/s1. The first kappa shape index (κ1) is 24.6. The minimum Gasteiger partial charge on any atom is -0.459 e. The molecular formula is C23H29O8P. The van der Waals surface area contributed by atoms with Crippen LogP contribution in [-0.2, 0) is 41.3 Å². The Hall–Kier alpha value is -2.06. The van der Waals surface area contributed by atoms with E-state index in [4.69, 9.17) is 18.7 Å². The highest BCUT2D eigenvalue weighted by atomic mass is 31.2. The van der Waals surface area contributed by atoms with Crippen LogP contribution in [0.3, 0.4) is 0 Å². The highest BCUT2D eigenvalue weighted by Gasteiger charge is 2.63. The lowest BCUT2D eigenvalue weighted by molar-refractivity contribution is -0.203. The van der Waals surface area contributed by atoms with Crippen LogP contribution < -0.4 is 0 Å². The number of hydrogen-bond donors (Lipinski definition) is 2. The summed E-state index contributed by atoms with van der Waals surface area (Å²) in [5, 5.41) is 19.2.